The van der Waals surface area contributed by atoms with E-state index in [2.05, 4.69) is 10.3 Å². The minimum absolute atomic E-state index is 0.0466. The summed E-state index contributed by atoms with van der Waals surface area (Å²) in [7, 11) is 0. The largest absolute Gasteiger partial charge is 0.437 e. The van der Waals surface area contributed by atoms with Gasteiger partial charge in [0.25, 0.3) is 11.5 Å². The molecule has 0 spiro atoms. The lowest BCUT2D eigenvalue weighted by atomic mass is 10.1. The van der Waals surface area contributed by atoms with E-state index in [-0.39, 0.29) is 22.8 Å². The molecule has 0 aliphatic carbocycles. The summed E-state index contributed by atoms with van der Waals surface area (Å²) in [6, 6.07) is 13.6. The first kappa shape index (κ1) is 23.0. The molecule has 32 heavy (non-hydrogen) atoms. The lowest BCUT2D eigenvalue weighted by molar-refractivity contribution is -0.117. The number of halogens is 1. The maximum Gasteiger partial charge on any atom is 0.269 e. The first-order valence-electron chi connectivity index (χ1n) is 9.96. The van der Waals surface area contributed by atoms with Gasteiger partial charge in [0.1, 0.15) is 28.6 Å². The van der Waals surface area contributed by atoms with Gasteiger partial charge in [0, 0.05) is 26.0 Å². The highest BCUT2D eigenvalue weighted by Gasteiger charge is 2.17. The third-order valence-corrected chi connectivity index (χ3v) is 4.70. The highest BCUT2D eigenvalue weighted by atomic mass is 35.5. The summed E-state index contributed by atoms with van der Waals surface area (Å²) in [5, 5.41) is 12.5. The average Bonchev–Trinajstić information content (AvgIpc) is 2.80. The molecule has 0 aliphatic rings. The molecule has 9 heteroatoms. The number of carbonyl (C=O) groups excluding carboxylic acids is 1. The van der Waals surface area contributed by atoms with E-state index in [9.17, 15) is 14.9 Å². The van der Waals surface area contributed by atoms with Crippen molar-refractivity contribution in [2.75, 3.05) is 19.8 Å². The molecule has 2 heterocycles. The van der Waals surface area contributed by atoms with Crippen LogP contribution in [0.25, 0.3) is 11.7 Å². The van der Waals surface area contributed by atoms with Gasteiger partial charge >= 0.3 is 0 Å². The second-order valence-corrected chi connectivity index (χ2v) is 6.98. The number of benzene rings is 1. The third kappa shape index (κ3) is 5.52. The van der Waals surface area contributed by atoms with E-state index in [0.717, 1.165) is 0 Å². The normalized spacial score (nSPS) is 11.2. The van der Waals surface area contributed by atoms with Crippen LogP contribution in [-0.2, 0) is 9.53 Å². The van der Waals surface area contributed by atoms with E-state index in [1.54, 1.807) is 48.7 Å². The topological polar surface area (TPSA) is 106 Å². The molecule has 3 aromatic rings. The number of carbonyl (C=O) groups is 1. The lowest BCUT2D eigenvalue weighted by Crippen LogP contribution is -2.27. The molecule has 1 aromatic carbocycles. The Balaban J connectivity index is 2.00. The van der Waals surface area contributed by atoms with E-state index in [4.69, 9.17) is 21.1 Å². The van der Waals surface area contributed by atoms with Gasteiger partial charge < -0.3 is 14.8 Å². The average molecular weight is 453 g/mol. The second-order valence-electron chi connectivity index (χ2n) is 6.57. The second kappa shape index (κ2) is 11.1. The quantitative estimate of drug-likeness (QED) is 0.302. The fourth-order valence-electron chi connectivity index (χ4n) is 2.82. The Morgan fingerprint density at radius 2 is 2.06 bits per heavy atom. The van der Waals surface area contributed by atoms with Crippen LogP contribution in [0.4, 0.5) is 0 Å². The minimum Gasteiger partial charge on any atom is -0.437 e. The molecular weight excluding hydrogens is 432 g/mol. The number of hydrogen-bond donors (Lipinski definition) is 1. The monoisotopic (exact) mass is 452 g/mol. The summed E-state index contributed by atoms with van der Waals surface area (Å²) >= 11 is 6.18. The van der Waals surface area contributed by atoms with Gasteiger partial charge in [0.05, 0.1) is 5.02 Å². The lowest BCUT2D eigenvalue weighted by Gasteiger charge is -2.11. The molecule has 0 saturated heterocycles. The SMILES string of the molecule is CCOCCCNC(=O)C(C#N)=Cc1c(Oc2ccccc2Cl)nc2ccccn2c1=O. The summed E-state index contributed by atoms with van der Waals surface area (Å²) in [6.45, 7) is 3.29. The van der Waals surface area contributed by atoms with Crippen molar-refractivity contribution in [2.24, 2.45) is 0 Å². The van der Waals surface area contributed by atoms with Crippen LogP contribution in [0.1, 0.15) is 18.9 Å². The molecule has 3 rings (SSSR count). The van der Waals surface area contributed by atoms with Crippen LogP contribution < -0.4 is 15.6 Å². The number of ether oxygens (including phenoxy) is 2. The molecule has 0 unspecified atom stereocenters. The summed E-state index contributed by atoms with van der Waals surface area (Å²) in [4.78, 5) is 30.0. The Kier molecular flexibility index (Phi) is 7.97. The highest BCUT2D eigenvalue weighted by Crippen LogP contribution is 2.29. The van der Waals surface area contributed by atoms with Gasteiger partial charge in [-0.3, -0.25) is 14.0 Å². The van der Waals surface area contributed by atoms with Crippen LogP contribution in [-0.4, -0.2) is 35.1 Å². The van der Waals surface area contributed by atoms with Crippen LogP contribution in [0.3, 0.4) is 0 Å². The number of nitrogens with one attached hydrogen (secondary N) is 1. The molecule has 0 saturated carbocycles. The van der Waals surface area contributed by atoms with E-state index < -0.39 is 11.5 Å². The van der Waals surface area contributed by atoms with Crippen LogP contribution in [0.15, 0.2) is 59.0 Å². The van der Waals surface area contributed by atoms with Crippen molar-refractivity contribution in [1.29, 1.82) is 5.26 Å². The number of rotatable bonds is 9. The third-order valence-electron chi connectivity index (χ3n) is 4.39. The Morgan fingerprint density at radius 3 is 2.81 bits per heavy atom. The minimum atomic E-state index is -0.606. The predicted octanol–water partition coefficient (Wildman–Crippen LogP) is 3.59. The van der Waals surface area contributed by atoms with Crippen molar-refractivity contribution in [1.82, 2.24) is 14.7 Å². The molecule has 8 nitrogen and oxygen atoms in total. The number of nitrogens with zero attached hydrogens (tertiary/aromatic N) is 3. The zero-order valence-corrected chi connectivity index (χ0v) is 18.1. The van der Waals surface area contributed by atoms with Gasteiger partial charge in [-0.15, -0.1) is 0 Å². The van der Waals surface area contributed by atoms with Crippen LogP contribution in [0, 0.1) is 11.3 Å². The Bertz CT molecular complexity index is 1250. The van der Waals surface area contributed by atoms with E-state index in [1.165, 1.54) is 10.5 Å². The molecular formula is C23H21ClN4O4. The predicted molar refractivity (Wildman–Crippen MR) is 121 cm³/mol. The number of aromatic nitrogens is 2. The number of fused-ring (bicyclic) bond motifs is 1. The van der Waals surface area contributed by atoms with Crippen molar-refractivity contribution in [2.45, 2.75) is 13.3 Å². The highest BCUT2D eigenvalue weighted by molar-refractivity contribution is 6.32. The smallest absolute Gasteiger partial charge is 0.269 e. The van der Waals surface area contributed by atoms with E-state index in [1.807, 2.05) is 13.0 Å². The maximum atomic E-state index is 13.1. The number of amides is 1. The Labute approximate surface area is 189 Å². The molecule has 1 amide bonds. The number of para-hydroxylation sites is 1. The molecule has 0 aliphatic heterocycles. The maximum absolute atomic E-state index is 13.1. The molecule has 0 radical (unpaired) electrons. The van der Waals surface area contributed by atoms with Crippen molar-refractivity contribution in [3.8, 4) is 17.7 Å². The van der Waals surface area contributed by atoms with Crippen LogP contribution in [0.5, 0.6) is 11.6 Å². The zero-order valence-electron chi connectivity index (χ0n) is 17.4. The fraction of sp³-hybridized carbons (Fsp3) is 0.217. The van der Waals surface area contributed by atoms with Crippen molar-refractivity contribution in [3.05, 3.63) is 75.2 Å². The Hall–Kier alpha value is -3.67. The number of hydrogen-bond acceptors (Lipinski definition) is 6. The first-order valence-corrected chi connectivity index (χ1v) is 10.3. The first-order chi connectivity index (χ1) is 15.5. The summed E-state index contributed by atoms with van der Waals surface area (Å²) in [5.41, 5.74) is -0.444. The zero-order chi connectivity index (χ0) is 22.9. The van der Waals surface area contributed by atoms with E-state index >= 15 is 0 Å². The van der Waals surface area contributed by atoms with Crippen LogP contribution >= 0.6 is 11.6 Å². The van der Waals surface area contributed by atoms with Crippen molar-refractivity contribution < 1.29 is 14.3 Å². The summed E-state index contributed by atoms with van der Waals surface area (Å²) in [5.74, 6) is -0.383. The van der Waals surface area contributed by atoms with Crippen LogP contribution in [0.2, 0.25) is 5.02 Å². The Morgan fingerprint density at radius 1 is 1.28 bits per heavy atom. The molecule has 0 atom stereocenters. The molecule has 164 valence electrons. The van der Waals surface area contributed by atoms with Gasteiger partial charge in [0.15, 0.2) is 0 Å². The number of pyridine rings is 1. The van der Waals surface area contributed by atoms with Gasteiger partial charge in [-0.05, 0) is 43.7 Å². The van der Waals surface area contributed by atoms with Crippen molar-refractivity contribution >= 4 is 29.2 Å². The molecule has 0 bridgehead atoms. The van der Waals surface area contributed by atoms with Gasteiger partial charge in [-0.1, -0.05) is 29.8 Å². The van der Waals surface area contributed by atoms with Gasteiger partial charge in [-0.2, -0.15) is 10.2 Å². The standard InChI is InChI=1S/C23H21ClN4O4/c1-2-31-13-7-11-26-21(29)16(15-25)14-17-22(32-19-9-4-3-8-18(19)24)27-20-10-5-6-12-28(20)23(17)30/h3-6,8-10,12,14H,2,7,11,13H2,1H3,(H,26,29). The molecule has 1 N–H and O–H groups in total. The van der Waals surface area contributed by atoms with Gasteiger partial charge in [-0.25, -0.2) is 0 Å². The molecule has 2 aromatic heterocycles. The number of nitriles is 1. The summed E-state index contributed by atoms with van der Waals surface area (Å²) < 4.78 is 12.4. The van der Waals surface area contributed by atoms with Gasteiger partial charge in [0.2, 0.25) is 5.88 Å². The fourth-order valence-corrected chi connectivity index (χ4v) is 3.00. The van der Waals surface area contributed by atoms with Crippen molar-refractivity contribution in [3.63, 3.8) is 0 Å². The summed E-state index contributed by atoms with van der Waals surface area (Å²) in [6.07, 6.45) is 3.32. The molecule has 0 fully saturated rings. The van der Waals surface area contributed by atoms with E-state index in [0.29, 0.717) is 36.8 Å².